The number of halogens is 1. The molecule has 0 saturated carbocycles. The van der Waals surface area contributed by atoms with Crippen LogP contribution in [0.25, 0.3) is 0 Å². The molecule has 0 radical (unpaired) electrons. The van der Waals surface area contributed by atoms with Gasteiger partial charge in [0.2, 0.25) is 0 Å². The van der Waals surface area contributed by atoms with Crippen molar-refractivity contribution >= 4 is 0 Å². The van der Waals surface area contributed by atoms with E-state index < -0.39 is 0 Å². The normalized spacial score (nSPS) is 9.40. The molecule has 10 heavy (non-hydrogen) atoms. The van der Waals surface area contributed by atoms with E-state index in [0.29, 0.717) is 0 Å². The Morgan fingerprint density at radius 1 is 1.30 bits per heavy atom. The highest BCUT2D eigenvalue weighted by Gasteiger charge is 1.91. The Morgan fingerprint density at radius 2 is 1.90 bits per heavy atom. The Morgan fingerprint density at radius 3 is 2.30 bits per heavy atom. The fourth-order valence-corrected chi connectivity index (χ4v) is 0.777. The Balaban J connectivity index is 2.80. The zero-order valence-electron chi connectivity index (χ0n) is 5.80. The quantitative estimate of drug-likeness (QED) is 0.613. The number of benzene rings is 1. The molecule has 0 heterocycles. The first-order valence-corrected chi connectivity index (χ1v) is 3.24. The predicted molar refractivity (Wildman–Crippen MR) is 37.6 cm³/mol. The van der Waals surface area contributed by atoms with Gasteiger partial charge < -0.3 is 0 Å². The zero-order valence-corrected chi connectivity index (χ0v) is 5.80. The van der Waals surface area contributed by atoms with Crippen LogP contribution >= 0.6 is 0 Å². The van der Waals surface area contributed by atoms with Crippen LogP contribution in [-0.4, -0.2) is 0 Å². The number of hydrogen-bond donors (Lipinski definition) is 0. The van der Waals surface area contributed by atoms with Crippen molar-refractivity contribution in [3.63, 3.8) is 0 Å². The summed E-state index contributed by atoms with van der Waals surface area (Å²) in [5, 5.41) is 0. The first-order chi connectivity index (χ1) is 4.86. The van der Waals surface area contributed by atoms with Gasteiger partial charge in [-0.3, -0.25) is 4.94 Å². The summed E-state index contributed by atoms with van der Waals surface area (Å²) in [7, 11) is 0. The SMILES string of the molecule is CCc1ccc(OF)cc1. The molecule has 0 aliphatic heterocycles. The zero-order chi connectivity index (χ0) is 7.40. The van der Waals surface area contributed by atoms with E-state index in [9.17, 15) is 4.53 Å². The van der Waals surface area contributed by atoms with Crippen molar-refractivity contribution in [2.45, 2.75) is 13.3 Å². The Kier molecular flexibility index (Phi) is 2.26. The van der Waals surface area contributed by atoms with Gasteiger partial charge in [-0.25, -0.2) is 0 Å². The molecule has 1 nitrogen and oxygen atoms in total. The van der Waals surface area contributed by atoms with Gasteiger partial charge >= 0.3 is 0 Å². The van der Waals surface area contributed by atoms with Crippen molar-refractivity contribution in [3.8, 4) is 5.75 Å². The highest BCUT2D eigenvalue weighted by atomic mass is 19.3. The lowest BCUT2D eigenvalue weighted by Crippen LogP contribution is -1.79. The minimum atomic E-state index is 0.261. The Hall–Kier alpha value is -1.05. The molecule has 0 aromatic heterocycles. The number of hydrogen-bond acceptors (Lipinski definition) is 1. The van der Waals surface area contributed by atoms with E-state index in [2.05, 4.69) is 4.94 Å². The third-order valence-corrected chi connectivity index (χ3v) is 1.42. The molecule has 2 heteroatoms. The largest absolute Gasteiger partial charge is 0.294 e. The van der Waals surface area contributed by atoms with Gasteiger partial charge in [0.15, 0.2) is 5.75 Å². The first kappa shape index (κ1) is 7.06. The summed E-state index contributed by atoms with van der Waals surface area (Å²) in [6.07, 6.45) is 0.965. The molecule has 0 fully saturated rings. The van der Waals surface area contributed by atoms with E-state index in [1.807, 2.05) is 19.1 Å². The molecule has 54 valence electrons. The third-order valence-electron chi connectivity index (χ3n) is 1.42. The highest BCUT2D eigenvalue weighted by Crippen LogP contribution is 2.12. The molecule has 0 bridgehead atoms. The lowest BCUT2D eigenvalue weighted by molar-refractivity contribution is -0.00621. The van der Waals surface area contributed by atoms with Crippen LogP contribution in [0.15, 0.2) is 24.3 Å². The van der Waals surface area contributed by atoms with Crippen LogP contribution in [0, 0.1) is 0 Å². The van der Waals surface area contributed by atoms with Crippen LogP contribution in [0.3, 0.4) is 0 Å². The first-order valence-electron chi connectivity index (χ1n) is 3.24. The van der Waals surface area contributed by atoms with Gasteiger partial charge in [0.05, 0.1) is 0 Å². The molecule has 0 amide bonds. The monoisotopic (exact) mass is 140 g/mol. The van der Waals surface area contributed by atoms with Crippen molar-refractivity contribution in [2.75, 3.05) is 0 Å². The van der Waals surface area contributed by atoms with Gasteiger partial charge in [-0.1, -0.05) is 19.1 Å². The molecule has 0 N–H and O–H groups in total. The minimum absolute atomic E-state index is 0.261. The van der Waals surface area contributed by atoms with E-state index in [-0.39, 0.29) is 5.75 Å². The van der Waals surface area contributed by atoms with Crippen LogP contribution in [0.1, 0.15) is 12.5 Å². The molecule has 1 rings (SSSR count). The molecule has 0 spiro atoms. The molecule has 1 aromatic rings. The average Bonchev–Trinajstić information content (AvgIpc) is 2.05. The van der Waals surface area contributed by atoms with Gasteiger partial charge in [-0.15, -0.1) is 0 Å². The molecular weight excluding hydrogens is 131 g/mol. The topological polar surface area (TPSA) is 9.23 Å². The maximum Gasteiger partial charge on any atom is 0.171 e. The van der Waals surface area contributed by atoms with Crippen molar-refractivity contribution < 1.29 is 9.47 Å². The maximum absolute atomic E-state index is 11.5. The Labute approximate surface area is 59.3 Å². The second kappa shape index (κ2) is 3.20. The number of rotatable bonds is 2. The molecule has 1 aromatic carbocycles. The van der Waals surface area contributed by atoms with Crippen molar-refractivity contribution in [1.82, 2.24) is 0 Å². The van der Waals surface area contributed by atoms with E-state index in [1.54, 1.807) is 12.1 Å². The van der Waals surface area contributed by atoms with Crippen LogP contribution in [0.4, 0.5) is 4.53 Å². The molecule has 0 saturated heterocycles. The highest BCUT2D eigenvalue weighted by molar-refractivity contribution is 5.26. The van der Waals surface area contributed by atoms with Crippen LogP contribution < -0.4 is 4.94 Å². The van der Waals surface area contributed by atoms with Crippen LogP contribution in [-0.2, 0) is 6.42 Å². The summed E-state index contributed by atoms with van der Waals surface area (Å²) >= 11 is 0. The van der Waals surface area contributed by atoms with E-state index in [0.717, 1.165) is 6.42 Å². The van der Waals surface area contributed by atoms with Gasteiger partial charge in [-0.2, -0.15) is 0 Å². The molecule has 0 aliphatic carbocycles. The van der Waals surface area contributed by atoms with E-state index in [4.69, 9.17) is 0 Å². The van der Waals surface area contributed by atoms with Gasteiger partial charge in [-0.05, 0) is 24.1 Å². The summed E-state index contributed by atoms with van der Waals surface area (Å²) in [5.74, 6) is 0.261. The second-order valence-corrected chi connectivity index (χ2v) is 2.07. The summed E-state index contributed by atoms with van der Waals surface area (Å²) in [4.78, 5) is 3.51. The third kappa shape index (κ3) is 1.47. The van der Waals surface area contributed by atoms with Crippen LogP contribution in [0.5, 0.6) is 5.75 Å². The summed E-state index contributed by atoms with van der Waals surface area (Å²) in [6.45, 7) is 2.05. The van der Waals surface area contributed by atoms with Crippen molar-refractivity contribution in [2.24, 2.45) is 0 Å². The standard InChI is InChI=1S/C8H9FO/c1-2-7-3-5-8(10-9)6-4-7/h3-6H,2H2,1H3. The van der Waals surface area contributed by atoms with Gasteiger partial charge in [0.25, 0.3) is 0 Å². The maximum atomic E-state index is 11.5. The van der Waals surface area contributed by atoms with Gasteiger partial charge in [0.1, 0.15) is 0 Å². The molecule has 0 atom stereocenters. The van der Waals surface area contributed by atoms with Crippen molar-refractivity contribution in [3.05, 3.63) is 29.8 Å². The lowest BCUT2D eigenvalue weighted by Gasteiger charge is -1.95. The van der Waals surface area contributed by atoms with Gasteiger partial charge in [0, 0.05) is 4.53 Å². The smallest absolute Gasteiger partial charge is 0.171 e. The second-order valence-electron chi connectivity index (χ2n) is 2.07. The van der Waals surface area contributed by atoms with E-state index >= 15 is 0 Å². The van der Waals surface area contributed by atoms with E-state index in [1.165, 1.54) is 5.56 Å². The summed E-state index contributed by atoms with van der Waals surface area (Å²) < 4.78 is 11.5. The lowest BCUT2D eigenvalue weighted by atomic mass is 10.2. The molecule has 0 aliphatic rings. The number of aryl methyl sites for hydroxylation is 1. The summed E-state index contributed by atoms with van der Waals surface area (Å²) in [6, 6.07) is 6.90. The predicted octanol–water partition coefficient (Wildman–Crippen LogP) is 2.51. The average molecular weight is 140 g/mol. The fraction of sp³-hybridized carbons (Fsp3) is 0.250. The molecule has 0 unspecified atom stereocenters. The molecular formula is C8H9FO. The Bertz CT molecular complexity index is 170. The minimum Gasteiger partial charge on any atom is -0.294 e. The van der Waals surface area contributed by atoms with Crippen LogP contribution in [0.2, 0.25) is 0 Å². The fourth-order valence-electron chi connectivity index (χ4n) is 0.777. The van der Waals surface area contributed by atoms with Crippen molar-refractivity contribution in [1.29, 1.82) is 0 Å². The summed E-state index contributed by atoms with van der Waals surface area (Å²) in [5.41, 5.74) is 1.18.